The van der Waals surface area contributed by atoms with E-state index in [-0.39, 0.29) is 11.9 Å². The number of amides is 1. The first-order chi connectivity index (χ1) is 9.70. The number of hydrogen-bond donors (Lipinski definition) is 1. The van der Waals surface area contributed by atoms with Crippen molar-refractivity contribution >= 4 is 5.91 Å². The third kappa shape index (κ3) is 4.45. The van der Waals surface area contributed by atoms with Gasteiger partial charge in [0.25, 0.3) is 0 Å². The van der Waals surface area contributed by atoms with Crippen molar-refractivity contribution in [2.24, 2.45) is 5.73 Å². The Balaban J connectivity index is 1.71. The number of piperidine rings is 2. The fourth-order valence-electron chi connectivity index (χ4n) is 3.59. The maximum absolute atomic E-state index is 12.2. The summed E-state index contributed by atoms with van der Waals surface area (Å²) in [7, 11) is 0. The minimum atomic E-state index is 0.0484. The van der Waals surface area contributed by atoms with Crippen molar-refractivity contribution in [3.63, 3.8) is 0 Å². The lowest BCUT2D eigenvalue weighted by Gasteiger charge is -2.40. The zero-order chi connectivity index (χ0) is 14.4. The van der Waals surface area contributed by atoms with E-state index in [2.05, 4.69) is 11.8 Å². The van der Waals surface area contributed by atoms with Crippen LogP contribution in [-0.4, -0.2) is 54.0 Å². The summed E-state index contributed by atoms with van der Waals surface area (Å²) >= 11 is 0. The van der Waals surface area contributed by atoms with E-state index in [4.69, 9.17) is 5.73 Å². The molecule has 20 heavy (non-hydrogen) atoms. The first-order valence-corrected chi connectivity index (χ1v) is 8.48. The highest BCUT2D eigenvalue weighted by atomic mass is 16.2. The van der Waals surface area contributed by atoms with Gasteiger partial charge < -0.3 is 15.5 Å². The van der Waals surface area contributed by atoms with Gasteiger partial charge in [-0.25, -0.2) is 0 Å². The average Bonchev–Trinajstić information content (AvgIpc) is 2.48. The van der Waals surface area contributed by atoms with Crippen LogP contribution in [0.25, 0.3) is 0 Å². The number of hydrogen-bond acceptors (Lipinski definition) is 3. The largest absolute Gasteiger partial charge is 0.343 e. The van der Waals surface area contributed by atoms with E-state index < -0.39 is 0 Å². The van der Waals surface area contributed by atoms with Gasteiger partial charge in [-0.15, -0.1) is 0 Å². The molecule has 2 heterocycles. The van der Waals surface area contributed by atoms with Crippen LogP contribution in [0.3, 0.4) is 0 Å². The number of nitrogens with two attached hydrogens (primary N) is 1. The molecular weight excluding hydrogens is 250 g/mol. The van der Waals surface area contributed by atoms with Crippen molar-refractivity contribution < 1.29 is 4.79 Å². The Morgan fingerprint density at radius 1 is 1.15 bits per heavy atom. The van der Waals surface area contributed by atoms with Gasteiger partial charge in [-0.3, -0.25) is 4.79 Å². The summed E-state index contributed by atoms with van der Waals surface area (Å²) in [5, 5.41) is 0. The normalized spacial score (nSPS) is 23.8. The van der Waals surface area contributed by atoms with E-state index in [9.17, 15) is 4.79 Å². The van der Waals surface area contributed by atoms with Crippen LogP contribution in [0.15, 0.2) is 0 Å². The van der Waals surface area contributed by atoms with E-state index in [0.29, 0.717) is 12.5 Å². The fourth-order valence-corrected chi connectivity index (χ4v) is 3.59. The molecule has 1 amide bonds. The summed E-state index contributed by atoms with van der Waals surface area (Å²) in [6, 6.07) is 0.760. The summed E-state index contributed by atoms with van der Waals surface area (Å²) in [6.45, 7) is 6.51. The minimum Gasteiger partial charge on any atom is -0.343 e. The molecule has 2 saturated heterocycles. The van der Waals surface area contributed by atoms with E-state index >= 15 is 0 Å². The Bertz CT molecular complexity index is 294. The van der Waals surface area contributed by atoms with Gasteiger partial charge in [0.2, 0.25) is 5.91 Å². The van der Waals surface area contributed by atoms with Gasteiger partial charge in [-0.1, -0.05) is 19.8 Å². The molecule has 0 aromatic rings. The summed E-state index contributed by atoms with van der Waals surface area (Å²) in [6.07, 6.45) is 8.94. The third-order valence-electron chi connectivity index (χ3n) is 4.82. The van der Waals surface area contributed by atoms with Crippen LogP contribution in [0, 0.1) is 0 Å². The fraction of sp³-hybridized carbons (Fsp3) is 0.938. The Morgan fingerprint density at radius 2 is 1.80 bits per heavy atom. The van der Waals surface area contributed by atoms with E-state index in [0.717, 1.165) is 38.8 Å². The summed E-state index contributed by atoms with van der Waals surface area (Å²) < 4.78 is 0. The number of rotatable bonds is 5. The minimum absolute atomic E-state index is 0.0484. The predicted octanol–water partition coefficient (Wildman–Crippen LogP) is 1.98. The highest BCUT2D eigenvalue weighted by Gasteiger charge is 2.27. The topological polar surface area (TPSA) is 49.6 Å². The number of likely N-dealkylation sites (tertiary alicyclic amines) is 2. The SMILES string of the molecule is CCCC(N)CC(=O)N1CCC(N2CCCCC2)CC1. The van der Waals surface area contributed by atoms with E-state index in [1.54, 1.807) is 0 Å². The van der Waals surface area contributed by atoms with Gasteiger partial charge in [-0.05, 0) is 45.2 Å². The first kappa shape index (κ1) is 15.8. The van der Waals surface area contributed by atoms with Crippen LogP contribution in [0.1, 0.15) is 58.3 Å². The molecule has 0 bridgehead atoms. The van der Waals surface area contributed by atoms with Crippen molar-refractivity contribution in [3.8, 4) is 0 Å². The summed E-state index contributed by atoms with van der Waals surface area (Å²) in [5.41, 5.74) is 5.98. The molecule has 4 heteroatoms. The summed E-state index contributed by atoms with van der Waals surface area (Å²) in [5.74, 6) is 0.267. The Labute approximate surface area is 123 Å². The first-order valence-electron chi connectivity index (χ1n) is 8.48. The van der Waals surface area contributed by atoms with Crippen LogP contribution in [0.4, 0.5) is 0 Å². The van der Waals surface area contributed by atoms with Gasteiger partial charge >= 0.3 is 0 Å². The zero-order valence-electron chi connectivity index (χ0n) is 13.0. The van der Waals surface area contributed by atoms with Crippen LogP contribution in [0.2, 0.25) is 0 Å². The van der Waals surface area contributed by atoms with Crippen LogP contribution in [-0.2, 0) is 4.79 Å². The average molecular weight is 281 g/mol. The highest BCUT2D eigenvalue weighted by molar-refractivity contribution is 5.76. The standard InChI is InChI=1S/C16H31N3O/c1-2-6-14(17)13-16(20)19-11-7-15(8-12-19)18-9-4-3-5-10-18/h14-15H,2-13,17H2,1H3. The van der Waals surface area contributed by atoms with E-state index in [1.165, 1.54) is 32.4 Å². The Morgan fingerprint density at radius 3 is 2.40 bits per heavy atom. The molecule has 0 aromatic carbocycles. The molecule has 2 fully saturated rings. The molecule has 2 rings (SSSR count). The molecule has 0 saturated carbocycles. The zero-order valence-corrected chi connectivity index (χ0v) is 13.0. The molecule has 0 aromatic heterocycles. The Hall–Kier alpha value is -0.610. The van der Waals surface area contributed by atoms with Gasteiger partial charge in [0.15, 0.2) is 0 Å². The lowest BCUT2D eigenvalue weighted by atomic mass is 9.99. The molecule has 4 nitrogen and oxygen atoms in total. The van der Waals surface area contributed by atoms with Gasteiger partial charge in [-0.2, -0.15) is 0 Å². The second-order valence-corrected chi connectivity index (χ2v) is 6.46. The maximum atomic E-state index is 12.2. The predicted molar refractivity (Wildman–Crippen MR) is 82.5 cm³/mol. The molecular formula is C16H31N3O. The van der Waals surface area contributed by atoms with Crippen LogP contribution >= 0.6 is 0 Å². The number of nitrogens with zero attached hydrogens (tertiary/aromatic N) is 2. The van der Waals surface area contributed by atoms with Gasteiger partial charge in [0.05, 0.1) is 0 Å². The number of carbonyl (C=O) groups is 1. The van der Waals surface area contributed by atoms with Crippen molar-refractivity contribution in [2.75, 3.05) is 26.2 Å². The second kappa shape index (κ2) is 7.99. The summed E-state index contributed by atoms with van der Waals surface area (Å²) in [4.78, 5) is 16.9. The van der Waals surface area contributed by atoms with Crippen molar-refractivity contribution in [1.82, 2.24) is 9.80 Å². The molecule has 0 radical (unpaired) electrons. The highest BCUT2D eigenvalue weighted by Crippen LogP contribution is 2.21. The quantitative estimate of drug-likeness (QED) is 0.838. The number of carbonyl (C=O) groups excluding carboxylic acids is 1. The second-order valence-electron chi connectivity index (χ2n) is 6.46. The molecule has 2 N–H and O–H groups in total. The van der Waals surface area contributed by atoms with E-state index in [1.807, 2.05) is 4.90 Å². The Kier molecular flexibility index (Phi) is 6.30. The molecule has 1 atom stereocenters. The van der Waals surface area contributed by atoms with Crippen LogP contribution in [0.5, 0.6) is 0 Å². The molecule has 2 aliphatic rings. The maximum Gasteiger partial charge on any atom is 0.224 e. The smallest absolute Gasteiger partial charge is 0.224 e. The lowest BCUT2D eigenvalue weighted by molar-refractivity contribution is -0.133. The van der Waals surface area contributed by atoms with Gasteiger partial charge in [0, 0.05) is 31.6 Å². The van der Waals surface area contributed by atoms with Gasteiger partial charge in [0.1, 0.15) is 0 Å². The monoisotopic (exact) mass is 281 g/mol. The molecule has 116 valence electrons. The molecule has 1 unspecified atom stereocenters. The molecule has 0 aliphatic carbocycles. The third-order valence-corrected chi connectivity index (χ3v) is 4.82. The van der Waals surface area contributed by atoms with Crippen molar-refractivity contribution in [1.29, 1.82) is 0 Å². The van der Waals surface area contributed by atoms with Crippen molar-refractivity contribution in [2.45, 2.75) is 70.4 Å². The van der Waals surface area contributed by atoms with Crippen LogP contribution < -0.4 is 5.73 Å². The van der Waals surface area contributed by atoms with Crippen molar-refractivity contribution in [3.05, 3.63) is 0 Å². The molecule has 2 aliphatic heterocycles. The lowest BCUT2D eigenvalue weighted by Crippen LogP contribution is -2.48. The molecule has 0 spiro atoms.